The molecule has 0 spiro atoms. The Balaban J connectivity index is 0.000000169. The summed E-state index contributed by atoms with van der Waals surface area (Å²) in [6.45, 7) is 8.53. The SMILES string of the molecule is Cc1cc(C)cc(N(C)c2cccc3c2oc2ccccc23)c1.Cc1cc(C)cc(N(c2cccc(-c3ccccc3O)c2)c2cc3oc4ccccc4c3c3ccccc23)c1. The van der Waals surface area contributed by atoms with E-state index in [2.05, 4.69) is 172 Å². The molecular formula is C57H46N2O3. The number of phenolic OH excluding ortho intramolecular Hbond substituents is 1. The average molecular weight is 807 g/mol. The first-order chi connectivity index (χ1) is 30.2. The monoisotopic (exact) mass is 806 g/mol. The van der Waals surface area contributed by atoms with Crippen molar-refractivity contribution in [3.8, 4) is 16.9 Å². The summed E-state index contributed by atoms with van der Waals surface area (Å²) < 4.78 is 12.6. The third kappa shape index (κ3) is 6.97. The zero-order chi connectivity index (χ0) is 42.5. The number of furan rings is 2. The second-order valence-corrected chi connectivity index (χ2v) is 16.3. The van der Waals surface area contributed by atoms with Crippen molar-refractivity contribution in [1.29, 1.82) is 0 Å². The van der Waals surface area contributed by atoms with Gasteiger partial charge in [0.25, 0.3) is 0 Å². The Hall–Kier alpha value is -7.76. The second kappa shape index (κ2) is 15.7. The van der Waals surface area contributed by atoms with E-state index in [1.54, 1.807) is 6.07 Å². The molecular weight excluding hydrogens is 761 g/mol. The van der Waals surface area contributed by atoms with E-state index in [0.29, 0.717) is 0 Å². The van der Waals surface area contributed by atoms with Crippen LogP contribution in [0.3, 0.4) is 0 Å². The minimum Gasteiger partial charge on any atom is -0.507 e. The molecule has 5 nitrogen and oxygen atoms in total. The van der Waals surface area contributed by atoms with Crippen LogP contribution in [0.15, 0.2) is 191 Å². The van der Waals surface area contributed by atoms with E-state index in [4.69, 9.17) is 8.83 Å². The number of aromatic hydroxyl groups is 1. The van der Waals surface area contributed by atoms with E-state index in [1.165, 1.54) is 27.9 Å². The predicted octanol–water partition coefficient (Wildman–Crippen LogP) is 16.2. The van der Waals surface area contributed by atoms with Crippen LogP contribution >= 0.6 is 0 Å². The highest BCUT2D eigenvalue weighted by atomic mass is 16.3. The smallest absolute Gasteiger partial charge is 0.159 e. The molecule has 0 aliphatic heterocycles. The first kappa shape index (κ1) is 38.4. The number of anilines is 5. The maximum absolute atomic E-state index is 10.6. The number of hydrogen-bond acceptors (Lipinski definition) is 5. The van der Waals surface area contributed by atoms with Crippen molar-refractivity contribution in [2.75, 3.05) is 16.8 Å². The summed E-state index contributed by atoms with van der Waals surface area (Å²) in [6.07, 6.45) is 0. The molecule has 302 valence electrons. The zero-order valence-electron chi connectivity index (χ0n) is 35.5. The fourth-order valence-electron chi connectivity index (χ4n) is 9.07. The van der Waals surface area contributed by atoms with Crippen LogP contribution in [-0.2, 0) is 0 Å². The topological polar surface area (TPSA) is 53.0 Å². The number of aryl methyl sites for hydroxylation is 4. The van der Waals surface area contributed by atoms with Crippen LogP contribution < -0.4 is 9.80 Å². The van der Waals surface area contributed by atoms with Gasteiger partial charge >= 0.3 is 0 Å². The maximum atomic E-state index is 10.6. The number of nitrogens with zero attached hydrogens (tertiary/aromatic N) is 2. The number of rotatable bonds is 6. The normalized spacial score (nSPS) is 11.4. The Morgan fingerprint density at radius 2 is 0.968 bits per heavy atom. The van der Waals surface area contributed by atoms with Crippen molar-refractivity contribution in [3.05, 3.63) is 204 Å². The van der Waals surface area contributed by atoms with Crippen LogP contribution in [0, 0.1) is 27.7 Å². The van der Waals surface area contributed by atoms with Gasteiger partial charge < -0.3 is 23.7 Å². The Morgan fingerprint density at radius 3 is 1.68 bits per heavy atom. The molecule has 0 aliphatic rings. The lowest BCUT2D eigenvalue weighted by molar-refractivity contribution is 0.477. The van der Waals surface area contributed by atoms with Crippen molar-refractivity contribution < 1.29 is 13.9 Å². The van der Waals surface area contributed by atoms with Crippen LogP contribution in [0.5, 0.6) is 5.75 Å². The molecule has 0 radical (unpaired) electrons. The zero-order valence-corrected chi connectivity index (χ0v) is 35.5. The fraction of sp³-hybridized carbons (Fsp3) is 0.0877. The fourth-order valence-corrected chi connectivity index (χ4v) is 9.07. The van der Waals surface area contributed by atoms with Gasteiger partial charge in [0.2, 0.25) is 0 Å². The molecule has 62 heavy (non-hydrogen) atoms. The summed E-state index contributed by atoms with van der Waals surface area (Å²) >= 11 is 0. The van der Waals surface area contributed by atoms with E-state index >= 15 is 0 Å². The first-order valence-electron chi connectivity index (χ1n) is 21.0. The lowest BCUT2D eigenvalue weighted by Gasteiger charge is -2.28. The third-order valence-electron chi connectivity index (χ3n) is 11.7. The number of benzene rings is 9. The number of fused-ring (bicyclic) bond motifs is 8. The van der Waals surface area contributed by atoms with Crippen LogP contribution in [0.1, 0.15) is 22.3 Å². The lowest BCUT2D eigenvalue weighted by atomic mass is 9.99. The molecule has 0 aliphatic carbocycles. The van der Waals surface area contributed by atoms with Gasteiger partial charge in [-0.25, -0.2) is 0 Å². The van der Waals surface area contributed by atoms with E-state index in [-0.39, 0.29) is 5.75 Å². The molecule has 0 fully saturated rings. The van der Waals surface area contributed by atoms with Gasteiger partial charge in [0, 0.05) is 62.7 Å². The second-order valence-electron chi connectivity index (χ2n) is 16.3. The summed E-state index contributed by atoms with van der Waals surface area (Å²) in [5, 5.41) is 17.5. The molecule has 5 heteroatoms. The number of hydrogen-bond donors (Lipinski definition) is 1. The van der Waals surface area contributed by atoms with Gasteiger partial charge in [0.1, 0.15) is 22.5 Å². The lowest BCUT2D eigenvalue weighted by Crippen LogP contribution is -2.11. The summed E-state index contributed by atoms with van der Waals surface area (Å²) in [5.74, 6) is 0.266. The van der Waals surface area contributed by atoms with Crippen LogP contribution in [0.2, 0.25) is 0 Å². The third-order valence-corrected chi connectivity index (χ3v) is 11.7. The molecule has 2 aromatic heterocycles. The maximum Gasteiger partial charge on any atom is 0.159 e. The van der Waals surface area contributed by atoms with E-state index in [0.717, 1.165) is 88.5 Å². The standard InChI is InChI=1S/C36H27NO2.C21H19NO/c1-23-18-24(2)20-27(19-23)37(26-11-9-10-25(21-26)28-12-5-7-16-33(28)38)32-22-35-36(30-14-4-3-13-29(30)32)31-15-6-8-17-34(31)39-35;1-14-11-15(2)13-16(12-14)22(3)19-9-6-8-18-17-7-4-5-10-20(17)23-21(18)19/h3-22,38H,1-2H3;4-13H,1-3H3. The number of para-hydroxylation sites is 4. The van der Waals surface area contributed by atoms with Crippen molar-refractivity contribution in [2.24, 2.45) is 0 Å². The minimum atomic E-state index is 0.266. The Morgan fingerprint density at radius 1 is 0.403 bits per heavy atom. The molecule has 2 heterocycles. The average Bonchev–Trinajstić information content (AvgIpc) is 3.85. The van der Waals surface area contributed by atoms with Crippen molar-refractivity contribution >= 4 is 83.1 Å². The molecule has 0 saturated carbocycles. The van der Waals surface area contributed by atoms with Gasteiger partial charge in [0.15, 0.2) is 5.58 Å². The Kier molecular flexibility index (Phi) is 9.73. The minimum absolute atomic E-state index is 0.266. The highest BCUT2D eigenvalue weighted by Crippen LogP contribution is 2.46. The van der Waals surface area contributed by atoms with Gasteiger partial charge in [0.05, 0.1) is 11.4 Å². The van der Waals surface area contributed by atoms with Crippen molar-refractivity contribution in [3.63, 3.8) is 0 Å². The van der Waals surface area contributed by atoms with Crippen molar-refractivity contribution in [1.82, 2.24) is 0 Å². The molecule has 11 rings (SSSR count). The van der Waals surface area contributed by atoms with E-state index < -0.39 is 0 Å². The largest absolute Gasteiger partial charge is 0.507 e. The van der Waals surface area contributed by atoms with Gasteiger partial charge in [-0.15, -0.1) is 0 Å². The number of phenols is 1. The quantitative estimate of drug-likeness (QED) is 0.181. The molecule has 0 unspecified atom stereocenters. The Labute approximate surface area is 361 Å². The predicted molar refractivity (Wildman–Crippen MR) is 260 cm³/mol. The van der Waals surface area contributed by atoms with Crippen LogP contribution in [0.4, 0.5) is 28.4 Å². The van der Waals surface area contributed by atoms with Gasteiger partial charge in [-0.05, 0) is 122 Å². The first-order valence-corrected chi connectivity index (χ1v) is 21.0. The summed E-state index contributed by atoms with van der Waals surface area (Å²) in [7, 11) is 2.09. The van der Waals surface area contributed by atoms with Gasteiger partial charge in [-0.1, -0.05) is 115 Å². The molecule has 0 bridgehead atoms. The Bertz CT molecular complexity index is 3430. The summed E-state index contributed by atoms with van der Waals surface area (Å²) in [4.78, 5) is 4.50. The molecule has 0 saturated heterocycles. The van der Waals surface area contributed by atoms with Gasteiger partial charge in [-0.2, -0.15) is 0 Å². The summed E-state index contributed by atoms with van der Waals surface area (Å²) in [6, 6.07) is 62.6. The highest BCUT2D eigenvalue weighted by Gasteiger charge is 2.21. The van der Waals surface area contributed by atoms with Crippen LogP contribution in [0.25, 0.3) is 65.8 Å². The van der Waals surface area contributed by atoms with E-state index in [9.17, 15) is 5.11 Å². The van der Waals surface area contributed by atoms with Gasteiger partial charge in [-0.3, -0.25) is 0 Å². The summed E-state index contributed by atoms with van der Waals surface area (Å²) in [5.41, 5.74) is 15.7. The molecule has 0 atom stereocenters. The van der Waals surface area contributed by atoms with E-state index in [1.807, 2.05) is 48.5 Å². The van der Waals surface area contributed by atoms with Crippen molar-refractivity contribution in [2.45, 2.75) is 27.7 Å². The molecule has 11 aromatic rings. The van der Waals surface area contributed by atoms with Crippen LogP contribution in [-0.4, -0.2) is 12.2 Å². The molecule has 0 amide bonds. The highest BCUT2D eigenvalue weighted by molar-refractivity contribution is 6.22. The molecule has 9 aromatic carbocycles. The molecule has 1 N–H and O–H groups in total.